The number of carbonyl (C=O) groups is 1. The number of hydrogen-bond acceptors (Lipinski definition) is 2. The lowest BCUT2D eigenvalue weighted by Gasteiger charge is -2.27. The summed E-state index contributed by atoms with van der Waals surface area (Å²) in [6.45, 7) is 4.47. The van der Waals surface area contributed by atoms with Crippen LogP contribution in [0.1, 0.15) is 46.0 Å². The maximum absolute atomic E-state index is 12.1. The molecule has 0 saturated heterocycles. The Labute approximate surface area is 86.6 Å². The van der Waals surface area contributed by atoms with Gasteiger partial charge in [-0.3, -0.25) is 4.79 Å². The third-order valence-corrected chi connectivity index (χ3v) is 3.36. The topological polar surface area (TPSA) is 43.1 Å². The van der Waals surface area contributed by atoms with E-state index in [0.29, 0.717) is 6.54 Å². The summed E-state index contributed by atoms with van der Waals surface area (Å²) in [5, 5.41) is 0. The Bertz CT molecular complexity index is 239. The predicted molar refractivity (Wildman–Crippen MR) is 59.0 cm³/mol. The van der Waals surface area contributed by atoms with E-state index in [1.807, 2.05) is 13.8 Å². The van der Waals surface area contributed by atoms with Gasteiger partial charge in [-0.2, -0.15) is 0 Å². The Morgan fingerprint density at radius 1 is 1.57 bits per heavy atom. The van der Waals surface area contributed by atoms with Crippen molar-refractivity contribution in [2.24, 2.45) is 11.1 Å². The van der Waals surface area contributed by atoms with Crippen molar-refractivity contribution >= 4 is 5.78 Å². The fraction of sp³-hybridized carbons (Fsp3) is 0.750. The third-order valence-electron chi connectivity index (χ3n) is 3.36. The summed E-state index contributed by atoms with van der Waals surface area (Å²) in [7, 11) is 0. The molecule has 0 aliphatic heterocycles. The maximum atomic E-state index is 12.1. The number of carbonyl (C=O) groups excluding carboxylic acids is 1. The van der Waals surface area contributed by atoms with E-state index in [1.165, 1.54) is 6.42 Å². The summed E-state index contributed by atoms with van der Waals surface area (Å²) in [5.74, 6) is 0.280. The first-order chi connectivity index (χ1) is 6.64. The van der Waals surface area contributed by atoms with Gasteiger partial charge in [0.1, 0.15) is 0 Å². The molecule has 0 amide bonds. The van der Waals surface area contributed by atoms with Crippen molar-refractivity contribution in [3.63, 3.8) is 0 Å². The van der Waals surface area contributed by atoms with Crippen LogP contribution >= 0.6 is 0 Å². The van der Waals surface area contributed by atoms with Gasteiger partial charge < -0.3 is 5.73 Å². The summed E-state index contributed by atoms with van der Waals surface area (Å²) in [4.78, 5) is 12.1. The monoisotopic (exact) mass is 195 g/mol. The highest BCUT2D eigenvalue weighted by Gasteiger charge is 2.31. The van der Waals surface area contributed by atoms with Crippen molar-refractivity contribution in [1.29, 1.82) is 0 Å². The minimum absolute atomic E-state index is 0.280. The van der Waals surface area contributed by atoms with Crippen molar-refractivity contribution in [3.05, 3.63) is 11.6 Å². The molecule has 0 spiro atoms. The summed E-state index contributed by atoms with van der Waals surface area (Å²) < 4.78 is 0. The number of hydrogen-bond donors (Lipinski definition) is 1. The van der Waals surface area contributed by atoms with E-state index in [2.05, 4.69) is 6.08 Å². The van der Waals surface area contributed by atoms with Gasteiger partial charge in [0.2, 0.25) is 0 Å². The molecule has 0 radical (unpaired) electrons. The minimum Gasteiger partial charge on any atom is -0.329 e. The smallest absolute Gasteiger partial charge is 0.165 e. The molecule has 14 heavy (non-hydrogen) atoms. The summed E-state index contributed by atoms with van der Waals surface area (Å²) >= 11 is 0. The van der Waals surface area contributed by atoms with Crippen molar-refractivity contribution in [3.8, 4) is 0 Å². The van der Waals surface area contributed by atoms with Gasteiger partial charge in [-0.1, -0.05) is 19.9 Å². The third kappa shape index (κ3) is 2.24. The van der Waals surface area contributed by atoms with E-state index in [9.17, 15) is 4.79 Å². The first-order valence-corrected chi connectivity index (χ1v) is 5.58. The van der Waals surface area contributed by atoms with Crippen molar-refractivity contribution in [1.82, 2.24) is 0 Å². The van der Waals surface area contributed by atoms with E-state index in [0.717, 1.165) is 31.3 Å². The summed E-state index contributed by atoms with van der Waals surface area (Å²) in [6.07, 6.45) is 7.33. The molecule has 1 aliphatic carbocycles. The first-order valence-electron chi connectivity index (χ1n) is 5.58. The van der Waals surface area contributed by atoms with Crippen LogP contribution in [0.5, 0.6) is 0 Å². The number of ketones is 1. The fourth-order valence-electron chi connectivity index (χ4n) is 1.83. The normalized spacial score (nSPS) is 21.2. The Balaban J connectivity index is 2.76. The van der Waals surface area contributed by atoms with Gasteiger partial charge in [0.05, 0.1) is 0 Å². The standard InChI is InChI=1S/C12H21NO/c1-3-12(2,9-13)11(14)10-7-5-4-6-8-10/h7H,3-6,8-9,13H2,1-2H3. The van der Waals surface area contributed by atoms with Crippen LogP contribution in [0, 0.1) is 5.41 Å². The van der Waals surface area contributed by atoms with Gasteiger partial charge in [0, 0.05) is 12.0 Å². The van der Waals surface area contributed by atoms with E-state index in [4.69, 9.17) is 5.73 Å². The van der Waals surface area contributed by atoms with E-state index < -0.39 is 0 Å². The SMILES string of the molecule is CCC(C)(CN)C(=O)C1=CCCCC1. The molecule has 0 aromatic rings. The molecule has 2 heteroatoms. The van der Waals surface area contributed by atoms with Gasteiger partial charge in [-0.05, 0) is 37.7 Å². The Hall–Kier alpha value is -0.630. The Morgan fingerprint density at radius 3 is 2.71 bits per heavy atom. The first kappa shape index (κ1) is 11.4. The Morgan fingerprint density at radius 2 is 2.29 bits per heavy atom. The number of rotatable bonds is 4. The second-order valence-electron chi connectivity index (χ2n) is 4.42. The molecule has 0 heterocycles. The lowest BCUT2D eigenvalue weighted by Crippen LogP contribution is -2.36. The second-order valence-corrected chi connectivity index (χ2v) is 4.42. The lowest BCUT2D eigenvalue weighted by atomic mass is 9.77. The molecular formula is C12H21NO. The highest BCUT2D eigenvalue weighted by Crippen LogP contribution is 2.29. The molecule has 1 unspecified atom stereocenters. The number of Topliss-reactive ketones (excluding diaryl/α,β-unsaturated/α-hetero) is 1. The maximum Gasteiger partial charge on any atom is 0.165 e. The van der Waals surface area contributed by atoms with Crippen LogP contribution < -0.4 is 5.73 Å². The van der Waals surface area contributed by atoms with Crippen LogP contribution in [0.3, 0.4) is 0 Å². The summed E-state index contributed by atoms with van der Waals surface area (Å²) in [6, 6.07) is 0. The van der Waals surface area contributed by atoms with Crippen LogP contribution in [-0.4, -0.2) is 12.3 Å². The molecule has 2 nitrogen and oxygen atoms in total. The largest absolute Gasteiger partial charge is 0.329 e. The number of allylic oxidation sites excluding steroid dienone is 2. The Kier molecular flexibility index (Phi) is 3.87. The quantitative estimate of drug-likeness (QED) is 0.748. The van der Waals surface area contributed by atoms with Gasteiger partial charge in [-0.15, -0.1) is 0 Å². The minimum atomic E-state index is -0.330. The fourth-order valence-corrected chi connectivity index (χ4v) is 1.83. The molecule has 0 saturated carbocycles. The molecule has 1 rings (SSSR count). The zero-order valence-corrected chi connectivity index (χ0v) is 9.31. The second kappa shape index (κ2) is 4.74. The van der Waals surface area contributed by atoms with Gasteiger partial charge in [0.25, 0.3) is 0 Å². The highest BCUT2D eigenvalue weighted by atomic mass is 16.1. The van der Waals surface area contributed by atoms with Gasteiger partial charge in [0.15, 0.2) is 5.78 Å². The zero-order chi connectivity index (χ0) is 10.6. The molecule has 0 fully saturated rings. The van der Waals surface area contributed by atoms with Crippen molar-refractivity contribution < 1.29 is 4.79 Å². The highest BCUT2D eigenvalue weighted by molar-refractivity contribution is 5.99. The van der Waals surface area contributed by atoms with Gasteiger partial charge >= 0.3 is 0 Å². The van der Waals surface area contributed by atoms with E-state index in [1.54, 1.807) is 0 Å². The van der Waals surface area contributed by atoms with E-state index in [-0.39, 0.29) is 11.2 Å². The van der Waals surface area contributed by atoms with Crippen LogP contribution in [-0.2, 0) is 4.79 Å². The molecular weight excluding hydrogens is 174 g/mol. The zero-order valence-electron chi connectivity index (χ0n) is 9.31. The van der Waals surface area contributed by atoms with Crippen molar-refractivity contribution in [2.45, 2.75) is 46.0 Å². The molecule has 0 bridgehead atoms. The average molecular weight is 195 g/mol. The predicted octanol–water partition coefficient (Wildman–Crippen LogP) is 2.43. The average Bonchev–Trinajstić information content (AvgIpc) is 2.28. The molecule has 2 N–H and O–H groups in total. The lowest BCUT2D eigenvalue weighted by molar-refractivity contribution is -0.124. The van der Waals surface area contributed by atoms with Crippen LogP contribution in [0.25, 0.3) is 0 Å². The van der Waals surface area contributed by atoms with Crippen LogP contribution in [0.2, 0.25) is 0 Å². The summed E-state index contributed by atoms with van der Waals surface area (Å²) in [5.41, 5.74) is 6.37. The molecule has 80 valence electrons. The van der Waals surface area contributed by atoms with E-state index >= 15 is 0 Å². The molecule has 1 atom stereocenters. The molecule has 0 aromatic carbocycles. The van der Waals surface area contributed by atoms with Gasteiger partial charge in [-0.25, -0.2) is 0 Å². The van der Waals surface area contributed by atoms with Crippen molar-refractivity contribution in [2.75, 3.05) is 6.54 Å². The van der Waals surface area contributed by atoms with Crippen LogP contribution in [0.15, 0.2) is 11.6 Å². The van der Waals surface area contributed by atoms with Crippen LogP contribution in [0.4, 0.5) is 0 Å². The molecule has 1 aliphatic rings. The molecule has 0 aromatic heterocycles. The number of nitrogens with two attached hydrogens (primary N) is 1.